The number of rotatable bonds is 3. The van der Waals surface area contributed by atoms with Gasteiger partial charge in [0.25, 0.3) is 0 Å². The van der Waals surface area contributed by atoms with E-state index in [4.69, 9.17) is 0 Å². The minimum absolute atomic E-state index is 0.360. The first-order chi connectivity index (χ1) is 5.36. The van der Waals surface area contributed by atoms with Crippen LogP contribution in [0.2, 0.25) is 0 Å². The van der Waals surface area contributed by atoms with E-state index in [1.165, 1.54) is 0 Å². The van der Waals surface area contributed by atoms with Crippen molar-refractivity contribution in [1.82, 2.24) is 9.97 Å². The quantitative estimate of drug-likeness (QED) is 0.696. The summed E-state index contributed by atoms with van der Waals surface area (Å²) in [5.74, 6) is 0.780. The molecule has 3 heteroatoms. The Morgan fingerprint density at radius 1 is 1.73 bits per heavy atom. The van der Waals surface area contributed by atoms with Crippen molar-refractivity contribution in [3.63, 3.8) is 0 Å². The predicted molar refractivity (Wildman–Crippen MR) is 40.0 cm³/mol. The molecular weight excluding hydrogens is 140 g/mol. The lowest BCUT2D eigenvalue weighted by Crippen LogP contribution is -1.87. The number of hydrogen-bond acceptors (Lipinski definition) is 2. The van der Waals surface area contributed by atoms with Crippen molar-refractivity contribution in [3.8, 4) is 0 Å². The van der Waals surface area contributed by atoms with Crippen LogP contribution in [0.3, 0.4) is 0 Å². The maximum Gasteiger partial charge on any atom is 0.137 e. The van der Waals surface area contributed by atoms with Crippen LogP contribution in [0, 0.1) is 5.92 Å². The molecular formula is C8H10N2O. The number of nitrogens with zero attached hydrogens (tertiary/aromatic N) is 1. The number of aromatic amines is 1. The average molecular weight is 150 g/mol. The first-order valence-electron chi connectivity index (χ1n) is 3.86. The number of Topliss-reactive ketones (excluding diaryl/α,β-unsaturated/α-hetero) is 1. The van der Waals surface area contributed by atoms with Gasteiger partial charge in [-0.25, -0.2) is 4.98 Å². The molecule has 0 radical (unpaired) electrons. The molecule has 1 fully saturated rings. The highest BCUT2D eigenvalue weighted by molar-refractivity contribution is 5.95. The topological polar surface area (TPSA) is 45.8 Å². The highest BCUT2D eigenvalue weighted by atomic mass is 16.1. The molecule has 1 aromatic rings. The average Bonchev–Trinajstić information content (AvgIpc) is 2.55. The van der Waals surface area contributed by atoms with Gasteiger partial charge in [0.15, 0.2) is 0 Å². The molecule has 0 aliphatic heterocycles. The lowest BCUT2D eigenvalue weighted by Gasteiger charge is -1.91. The van der Waals surface area contributed by atoms with Gasteiger partial charge in [-0.1, -0.05) is 0 Å². The third-order valence-electron chi connectivity index (χ3n) is 2.06. The van der Waals surface area contributed by atoms with E-state index in [2.05, 4.69) is 9.97 Å². The van der Waals surface area contributed by atoms with E-state index >= 15 is 0 Å². The van der Waals surface area contributed by atoms with E-state index in [-0.39, 0.29) is 0 Å². The summed E-state index contributed by atoms with van der Waals surface area (Å²) in [6, 6.07) is 0. The minimum Gasteiger partial charge on any atom is -0.348 e. The summed E-state index contributed by atoms with van der Waals surface area (Å²) in [7, 11) is 0. The van der Waals surface area contributed by atoms with Crippen LogP contribution in [0.25, 0.3) is 0 Å². The Balaban J connectivity index is 1.79. The maximum absolute atomic E-state index is 10.6. The number of ketones is 1. The highest BCUT2D eigenvalue weighted by Gasteiger charge is 2.33. The molecule has 0 bridgehead atoms. The molecule has 0 spiro atoms. The largest absolute Gasteiger partial charge is 0.348 e. The van der Waals surface area contributed by atoms with Crippen molar-refractivity contribution in [2.75, 3.05) is 0 Å². The maximum atomic E-state index is 10.6. The monoisotopic (exact) mass is 150 g/mol. The lowest BCUT2D eigenvalue weighted by molar-refractivity contribution is -0.111. The van der Waals surface area contributed by atoms with E-state index in [1.54, 1.807) is 6.33 Å². The van der Waals surface area contributed by atoms with Gasteiger partial charge in [-0.15, -0.1) is 0 Å². The van der Waals surface area contributed by atoms with Gasteiger partial charge in [0, 0.05) is 24.2 Å². The highest BCUT2D eigenvalue weighted by Crippen LogP contribution is 2.28. The molecule has 0 amide bonds. The van der Waals surface area contributed by atoms with Crippen LogP contribution in [0.4, 0.5) is 0 Å². The predicted octanol–water partition coefficient (Wildman–Crippen LogP) is 0.931. The first kappa shape index (κ1) is 6.58. The second kappa shape index (κ2) is 2.49. The standard InChI is InChI=1S/C8H10N2O/c11-8-3-6(8)1-2-7-4-9-5-10-7/h4-6H,1-3H2,(H,9,10). The van der Waals surface area contributed by atoms with Crippen LogP contribution in [-0.4, -0.2) is 15.8 Å². The van der Waals surface area contributed by atoms with Crippen LogP contribution in [0.5, 0.6) is 0 Å². The van der Waals surface area contributed by atoms with Crippen LogP contribution in [0.1, 0.15) is 18.5 Å². The zero-order valence-corrected chi connectivity index (χ0v) is 6.21. The summed E-state index contributed by atoms with van der Waals surface area (Å²) >= 11 is 0. The number of aryl methyl sites for hydroxylation is 1. The Morgan fingerprint density at radius 2 is 2.55 bits per heavy atom. The SMILES string of the molecule is O=C1CC1CCc1cnc[nH]1. The summed E-state index contributed by atoms with van der Waals surface area (Å²) in [6.45, 7) is 0. The van der Waals surface area contributed by atoms with Crippen molar-refractivity contribution in [2.24, 2.45) is 5.92 Å². The van der Waals surface area contributed by atoms with Gasteiger partial charge in [-0.05, 0) is 12.8 Å². The van der Waals surface area contributed by atoms with Crippen LogP contribution >= 0.6 is 0 Å². The molecule has 3 nitrogen and oxygen atoms in total. The molecule has 1 N–H and O–H groups in total. The Kier molecular flexibility index (Phi) is 1.49. The van der Waals surface area contributed by atoms with E-state index < -0.39 is 0 Å². The van der Waals surface area contributed by atoms with Crippen molar-refractivity contribution >= 4 is 5.78 Å². The molecule has 1 unspecified atom stereocenters. The summed E-state index contributed by atoms with van der Waals surface area (Å²) < 4.78 is 0. The Hall–Kier alpha value is -1.12. The van der Waals surface area contributed by atoms with Crippen LogP contribution in [-0.2, 0) is 11.2 Å². The molecule has 2 rings (SSSR count). The molecule has 1 aliphatic carbocycles. The number of hydrogen-bond donors (Lipinski definition) is 1. The molecule has 11 heavy (non-hydrogen) atoms. The molecule has 1 saturated carbocycles. The summed E-state index contributed by atoms with van der Waals surface area (Å²) in [4.78, 5) is 17.5. The summed E-state index contributed by atoms with van der Waals surface area (Å²) in [5.41, 5.74) is 1.13. The number of carbonyl (C=O) groups excluding carboxylic acids is 1. The van der Waals surface area contributed by atoms with E-state index in [0.717, 1.165) is 25.0 Å². The zero-order chi connectivity index (χ0) is 7.68. The molecule has 0 aromatic carbocycles. The van der Waals surface area contributed by atoms with Gasteiger partial charge in [0.2, 0.25) is 0 Å². The first-order valence-corrected chi connectivity index (χ1v) is 3.86. The van der Waals surface area contributed by atoms with E-state index in [1.807, 2.05) is 6.20 Å². The molecule has 1 aliphatic rings. The third-order valence-corrected chi connectivity index (χ3v) is 2.06. The molecule has 58 valence electrons. The van der Waals surface area contributed by atoms with Crippen LogP contribution < -0.4 is 0 Å². The fourth-order valence-corrected chi connectivity index (χ4v) is 1.20. The fraction of sp³-hybridized carbons (Fsp3) is 0.500. The van der Waals surface area contributed by atoms with Crippen molar-refractivity contribution < 1.29 is 4.79 Å². The molecule has 1 aromatic heterocycles. The second-order valence-electron chi connectivity index (χ2n) is 2.98. The summed E-state index contributed by atoms with van der Waals surface area (Å²) in [6.07, 6.45) is 6.22. The summed E-state index contributed by atoms with van der Waals surface area (Å²) in [5, 5.41) is 0. The molecule has 1 atom stereocenters. The van der Waals surface area contributed by atoms with E-state index in [0.29, 0.717) is 11.7 Å². The number of imidazole rings is 1. The second-order valence-corrected chi connectivity index (χ2v) is 2.98. The number of H-pyrrole nitrogens is 1. The number of carbonyl (C=O) groups is 1. The van der Waals surface area contributed by atoms with Gasteiger partial charge in [0.1, 0.15) is 5.78 Å². The zero-order valence-electron chi connectivity index (χ0n) is 6.21. The van der Waals surface area contributed by atoms with Gasteiger partial charge < -0.3 is 4.98 Å². The Bertz CT molecular complexity index is 253. The van der Waals surface area contributed by atoms with Gasteiger partial charge >= 0.3 is 0 Å². The van der Waals surface area contributed by atoms with Crippen molar-refractivity contribution in [1.29, 1.82) is 0 Å². The van der Waals surface area contributed by atoms with E-state index in [9.17, 15) is 4.79 Å². The van der Waals surface area contributed by atoms with Crippen LogP contribution in [0.15, 0.2) is 12.5 Å². The van der Waals surface area contributed by atoms with Crippen molar-refractivity contribution in [2.45, 2.75) is 19.3 Å². The third kappa shape index (κ3) is 1.48. The Labute approximate surface area is 64.8 Å². The smallest absolute Gasteiger partial charge is 0.137 e. The van der Waals surface area contributed by atoms with Gasteiger partial charge in [-0.2, -0.15) is 0 Å². The normalized spacial score (nSPS) is 22.2. The van der Waals surface area contributed by atoms with Gasteiger partial charge in [0.05, 0.1) is 6.33 Å². The molecule has 0 saturated heterocycles. The lowest BCUT2D eigenvalue weighted by atomic mass is 10.2. The number of nitrogens with one attached hydrogen (secondary N) is 1. The molecule has 1 heterocycles. The van der Waals surface area contributed by atoms with Crippen molar-refractivity contribution in [3.05, 3.63) is 18.2 Å². The minimum atomic E-state index is 0.360. The van der Waals surface area contributed by atoms with Gasteiger partial charge in [-0.3, -0.25) is 4.79 Å². The fourth-order valence-electron chi connectivity index (χ4n) is 1.20. The number of aromatic nitrogens is 2. The Morgan fingerprint density at radius 3 is 3.09 bits per heavy atom.